The molecule has 1 atom stereocenters. The molecule has 0 amide bonds. The molecule has 2 rings (SSSR count). The first-order valence-corrected chi connectivity index (χ1v) is 6.02. The van der Waals surface area contributed by atoms with Crippen LogP contribution in [0.3, 0.4) is 0 Å². The minimum absolute atomic E-state index is 0.603. The summed E-state index contributed by atoms with van der Waals surface area (Å²) in [4.78, 5) is 0. The molecule has 0 spiro atoms. The SMILES string of the molecule is CC(C)c1ccc(C(CN)C2CC2)cc1. The Hall–Kier alpha value is -0.820. The van der Waals surface area contributed by atoms with Gasteiger partial charge in [-0.2, -0.15) is 0 Å². The molecule has 1 unspecified atom stereocenters. The van der Waals surface area contributed by atoms with Crippen LogP contribution < -0.4 is 5.73 Å². The molecule has 2 N–H and O–H groups in total. The fourth-order valence-corrected chi connectivity index (χ4v) is 2.23. The maximum atomic E-state index is 5.84. The highest BCUT2D eigenvalue weighted by Crippen LogP contribution is 2.42. The summed E-state index contributed by atoms with van der Waals surface area (Å²) in [6.45, 7) is 5.26. The van der Waals surface area contributed by atoms with Crippen molar-refractivity contribution in [2.45, 2.75) is 38.5 Å². The van der Waals surface area contributed by atoms with Gasteiger partial charge in [-0.1, -0.05) is 38.1 Å². The van der Waals surface area contributed by atoms with Gasteiger partial charge in [0, 0.05) is 0 Å². The first kappa shape index (κ1) is 10.7. The first-order chi connectivity index (χ1) is 7.22. The van der Waals surface area contributed by atoms with Crippen LogP contribution in [0.5, 0.6) is 0 Å². The third-order valence-electron chi connectivity index (χ3n) is 3.48. The van der Waals surface area contributed by atoms with Gasteiger partial charge in [-0.05, 0) is 48.3 Å². The molecule has 0 aromatic heterocycles. The lowest BCUT2D eigenvalue weighted by atomic mass is 9.92. The highest BCUT2D eigenvalue weighted by atomic mass is 14.6. The van der Waals surface area contributed by atoms with Crippen LogP contribution in [0.1, 0.15) is 49.7 Å². The smallest absolute Gasteiger partial charge is 0.000556 e. The summed E-state index contributed by atoms with van der Waals surface area (Å²) in [6, 6.07) is 9.05. The average Bonchev–Trinajstić information content (AvgIpc) is 3.04. The van der Waals surface area contributed by atoms with Gasteiger partial charge in [0.25, 0.3) is 0 Å². The molecule has 0 heterocycles. The lowest BCUT2D eigenvalue weighted by Crippen LogP contribution is -2.14. The van der Waals surface area contributed by atoms with E-state index < -0.39 is 0 Å². The molecule has 1 saturated carbocycles. The fraction of sp³-hybridized carbons (Fsp3) is 0.571. The maximum Gasteiger partial charge on any atom is -0.000556 e. The molecule has 82 valence electrons. The molecule has 0 radical (unpaired) electrons. The van der Waals surface area contributed by atoms with Gasteiger partial charge in [-0.15, -0.1) is 0 Å². The number of benzene rings is 1. The van der Waals surface area contributed by atoms with Crippen molar-refractivity contribution in [1.82, 2.24) is 0 Å². The van der Waals surface area contributed by atoms with Crippen LogP contribution in [0.2, 0.25) is 0 Å². The number of hydrogen-bond acceptors (Lipinski definition) is 1. The quantitative estimate of drug-likeness (QED) is 0.798. The van der Waals surface area contributed by atoms with Crippen LogP contribution in [0.25, 0.3) is 0 Å². The van der Waals surface area contributed by atoms with E-state index in [1.807, 2.05) is 0 Å². The topological polar surface area (TPSA) is 26.0 Å². The molecule has 1 aromatic rings. The molecular weight excluding hydrogens is 182 g/mol. The van der Waals surface area contributed by atoms with E-state index in [-0.39, 0.29) is 0 Å². The van der Waals surface area contributed by atoms with Crippen molar-refractivity contribution >= 4 is 0 Å². The summed E-state index contributed by atoms with van der Waals surface area (Å²) in [5, 5.41) is 0. The molecule has 1 aromatic carbocycles. The van der Waals surface area contributed by atoms with Crippen molar-refractivity contribution in [3.8, 4) is 0 Å². The maximum absolute atomic E-state index is 5.84. The summed E-state index contributed by atoms with van der Waals surface area (Å²) in [5.41, 5.74) is 8.70. The predicted octanol–water partition coefficient (Wildman–Crippen LogP) is 3.26. The van der Waals surface area contributed by atoms with E-state index in [1.54, 1.807) is 0 Å². The predicted molar refractivity (Wildman–Crippen MR) is 65.1 cm³/mol. The molecule has 1 fully saturated rings. The van der Waals surface area contributed by atoms with Crippen LogP contribution in [0.4, 0.5) is 0 Å². The minimum Gasteiger partial charge on any atom is -0.330 e. The molecule has 1 nitrogen and oxygen atoms in total. The Balaban J connectivity index is 2.14. The molecule has 1 heteroatoms. The lowest BCUT2D eigenvalue weighted by Gasteiger charge is -2.15. The zero-order valence-electron chi connectivity index (χ0n) is 9.74. The highest BCUT2D eigenvalue weighted by molar-refractivity contribution is 5.28. The van der Waals surface area contributed by atoms with Crippen LogP contribution >= 0.6 is 0 Å². The van der Waals surface area contributed by atoms with Crippen molar-refractivity contribution in [2.75, 3.05) is 6.54 Å². The van der Waals surface area contributed by atoms with Gasteiger partial charge < -0.3 is 5.73 Å². The standard InChI is InChI=1S/C14H21N/c1-10(2)11-3-5-12(6-4-11)14(9-15)13-7-8-13/h3-6,10,13-14H,7-9,15H2,1-2H3. The van der Waals surface area contributed by atoms with Gasteiger partial charge in [0.15, 0.2) is 0 Å². The monoisotopic (exact) mass is 203 g/mol. The van der Waals surface area contributed by atoms with E-state index >= 15 is 0 Å². The summed E-state index contributed by atoms with van der Waals surface area (Å²) in [7, 11) is 0. The number of rotatable bonds is 4. The Morgan fingerprint density at radius 3 is 2.07 bits per heavy atom. The lowest BCUT2D eigenvalue weighted by molar-refractivity contribution is 0.615. The van der Waals surface area contributed by atoms with Crippen molar-refractivity contribution < 1.29 is 0 Å². The van der Waals surface area contributed by atoms with Gasteiger partial charge in [0.2, 0.25) is 0 Å². The molecule has 0 bridgehead atoms. The Morgan fingerprint density at radius 2 is 1.67 bits per heavy atom. The van der Waals surface area contributed by atoms with Crippen LogP contribution in [-0.4, -0.2) is 6.54 Å². The Kier molecular flexibility index (Phi) is 3.11. The van der Waals surface area contributed by atoms with Crippen molar-refractivity contribution in [3.05, 3.63) is 35.4 Å². The zero-order chi connectivity index (χ0) is 10.8. The second kappa shape index (κ2) is 4.36. The van der Waals surface area contributed by atoms with Crippen molar-refractivity contribution in [1.29, 1.82) is 0 Å². The Morgan fingerprint density at radius 1 is 1.13 bits per heavy atom. The normalized spacial score (nSPS) is 18.1. The highest BCUT2D eigenvalue weighted by Gasteiger charge is 2.30. The largest absolute Gasteiger partial charge is 0.330 e. The molecular formula is C14H21N. The van der Waals surface area contributed by atoms with Crippen molar-refractivity contribution in [3.63, 3.8) is 0 Å². The third-order valence-corrected chi connectivity index (χ3v) is 3.48. The molecule has 1 aliphatic carbocycles. The van der Waals surface area contributed by atoms with E-state index in [4.69, 9.17) is 5.73 Å². The minimum atomic E-state index is 0.603. The summed E-state index contributed by atoms with van der Waals surface area (Å²) in [6.07, 6.45) is 2.74. The first-order valence-electron chi connectivity index (χ1n) is 6.02. The van der Waals surface area contributed by atoms with E-state index in [2.05, 4.69) is 38.1 Å². The summed E-state index contributed by atoms with van der Waals surface area (Å²) in [5.74, 6) is 2.09. The molecule has 0 aliphatic heterocycles. The zero-order valence-corrected chi connectivity index (χ0v) is 9.74. The van der Waals surface area contributed by atoms with Gasteiger partial charge in [-0.25, -0.2) is 0 Å². The molecule has 0 saturated heterocycles. The average molecular weight is 203 g/mol. The van der Waals surface area contributed by atoms with E-state index in [1.165, 1.54) is 24.0 Å². The molecule has 15 heavy (non-hydrogen) atoms. The molecule has 1 aliphatic rings. The van der Waals surface area contributed by atoms with Gasteiger partial charge >= 0.3 is 0 Å². The Bertz CT molecular complexity index is 309. The van der Waals surface area contributed by atoms with Gasteiger partial charge in [0.05, 0.1) is 0 Å². The van der Waals surface area contributed by atoms with Crippen LogP contribution in [-0.2, 0) is 0 Å². The third kappa shape index (κ3) is 2.40. The summed E-state index contributed by atoms with van der Waals surface area (Å²) >= 11 is 0. The number of nitrogens with two attached hydrogens (primary N) is 1. The van der Waals surface area contributed by atoms with Gasteiger partial charge in [-0.3, -0.25) is 0 Å². The van der Waals surface area contributed by atoms with Crippen LogP contribution in [0, 0.1) is 5.92 Å². The second-order valence-electron chi connectivity index (χ2n) is 5.00. The Labute approximate surface area is 92.7 Å². The van der Waals surface area contributed by atoms with Crippen molar-refractivity contribution in [2.24, 2.45) is 11.7 Å². The number of hydrogen-bond donors (Lipinski definition) is 1. The van der Waals surface area contributed by atoms with E-state index in [0.717, 1.165) is 12.5 Å². The van der Waals surface area contributed by atoms with Crippen LogP contribution in [0.15, 0.2) is 24.3 Å². The second-order valence-corrected chi connectivity index (χ2v) is 5.00. The van der Waals surface area contributed by atoms with E-state index in [0.29, 0.717) is 11.8 Å². The fourth-order valence-electron chi connectivity index (χ4n) is 2.23. The van der Waals surface area contributed by atoms with Gasteiger partial charge in [0.1, 0.15) is 0 Å². The summed E-state index contributed by atoms with van der Waals surface area (Å²) < 4.78 is 0. The van der Waals surface area contributed by atoms with E-state index in [9.17, 15) is 0 Å².